The molecule has 0 atom stereocenters. The summed E-state index contributed by atoms with van der Waals surface area (Å²) in [5.41, 5.74) is 1.73. The molecule has 28 heavy (non-hydrogen) atoms. The van der Waals surface area contributed by atoms with Gasteiger partial charge in [0.05, 0.1) is 24.3 Å². The van der Waals surface area contributed by atoms with Gasteiger partial charge in [0.25, 0.3) is 17.7 Å². The second-order valence-corrected chi connectivity index (χ2v) is 6.31. The zero-order chi connectivity index (χ0) is 19.9. The molecule has 3 rings (SSSR count). The number of nitrogens with one attached hydrogen (secondary N) is 2. The summed E-state index contributed by atoms with van der Waals surface area (Å²) in [7, 11) is 1.63. The molecule has 1 aromatic heterocycles. The Hall–Kier alpha value is -3.10. The highest BCUT2D eigenvalue weighted by atomic mass is 16.5. The Bertz CT molecular complexity index is 870. The van der Waals surface area contributed by atoms with Crippen molar-refractivity contribution < 1.29 is 19.1 Å². The van der Waals surface area contributed by atoms with E-state index in [1.165, 1.54) is 17.0 Å². The summed E-state index contributed by atoms with van der Waals surface area (Å²) < 4.78 is 4.93. The number of carbonyl (C=O) groups excluding carboxylic acids is 3. The number of hydrogen-bond donors (Lipinski definition) is 2. The molecule has 1 aliphatic heterocycles. The van der Waals surface area contributed by atoms with E-state index in [0.717, 1.165) is 5.56 Å². The maximum atomic E-state index is 12.7. The van der Waals surface area contributed by atoms with Crippen molar-refractivity contribution in [3.8, 4) is 0 Å². The van der Waals surface area contributed by atoms with Crippen molar-refractivity contribution in [2.24, 2.45) is 0 Å². The average molecular weight is 382 g/mol. The van der Waals surface area contributed by atoms with E-state index in [2.05, 4.69) is 15.6 Å². The fraction of sp³-hybridized carbons (Fsp3) is 0.300. The predicted molar refractivity (Wildman–Crippen MR) is 102 cm³/mol. The van der Waals surface area contributed by atoms with Crippen LogP contribution in [-0.2, 0) is 11.3 Å². The number of imide groups is 1. The van der Waals surface area contributed by atoms with E-state index in [1.807, 2.05) is 0 Å². The summed E-state index contributed by atoms with van der Waals surface area (Å²) >= 11 is 0. The molecular weight excluding hydrogens is 360 g/mol. The molecule has 146 valence electrons. The summed E-state index contributed by atoms with van der Waals surface area (Å²) in [6.45, 7) is 2.53. The van der Waals surface area contributed by atoms with Crippen LogP contribution in [0.5, 0.6) is 0 Å². The highest BCUT2D eigenvalue weighted by Gasteiger charge is 2.35. The molecule has 1 aromatic carbocycles. The van der Waals surface area contributed by atoms with E-state index in [4.69, 9.17) is 4.74 Å². The maximum Gasteiger partial charge on any atom is 0.261 e. The Kier molecular flexibility index (Phi) is 6.46. The molecule has 2 aromatic rings. The van der Waals surface area contributed by atoms with Gasteiger partial charge in [-0.05, 0) is 35.9 Å². The lowest BCUT2D eigenvalue weighted by Crippen LogP contribution is -2.33. The first-order valence-corrected chi connectivity index (χ1v) is 8.99. The number of benzene rings is 1. The number of aromatic nitrogens is 1. The van der Waals surface area contributed by atoms with Crippen LogP contribution in [0.2, 0.25) is 0 Å². The second kappa shape index (κ2) is 9.20. The second-order valence-electron chi connectivity index (χ2n) is 6.31. The minimum atomic E-state index is -0.396. The third kappa shape index (κ3) is 4.41. The zero-order valence-electron chi connectivity index (χ0n) is 15.6. The van der Waals surface area contributed by atoms with Crippen molar-refractivity contribution in [1.29, 1.82) is 0 Å². The van der Waals surface area contributed by atoms with Gasteiger partial charge in [-0.1, -0.05) is 0 Å². The Balaban J connectivity index is 1.63. The third-order valence-electron chi connectivity index (χ3n) is 4.39. The van der Waals surface area contributed by atoms with E-state index in [-0.39, 0.29) is 23.9 Å². The number of methoxy groups -OCH3 is 1. The van der Waals surface area contributed by atoms with Crippen LogP contribution in [0.15, 0.2) is 42.7 Å². The predicted octanol–water partition coefficient (Wildman–Crippen LogP) is 0.844. The summed E-state index contributed by atoms with van der Waals surface area (Å²) in [6, 6.07) is 8.09. The van der Waals surface area contributed by atoms with E-state index < -0.39 is 5.91 Å². The standard InChI is InChI=1S/C20H22N4O4/c1-28-11-10-22-8-9-23-18(25)15-2-3-16-17(12-15)20(27)24(19(16)26)13-14-4-6-21-7-5-14/h2-7,12,22H,8-11,13H2,1H3,(H,23,25). The molecule has 0 fully saturated rings. The van der Waals surface area contributed by atoms with Crippen molar-refractivity contribution in [3.63, 3.8) is 0 Å². The summed E-state index contributed by atoms with van der Waals surface area (Å²) in [5, 5.41) is 5.91. The zero-order valence-corrected chi connectivity index (χ0v) is 15.6. The Morgan fingerprint density at radius 1 is 1.04 bits per heavy atom. The summed E-state index contributed by atoms with van der Waals surface area (Å²) in [5.74, 6) is -1.04. The maximum absolute atomic E-state index is 12.7. The molecule has 1 aliphatic rings. The smallest absolute Gasteiger partial charge is 0.261 e. The third-order valence-corrected chi connectivity index (χ3v) is 4.39. The lowest BCUT2D eigenvalue weighted by molar-refractivity contribution is 0.0642. The van der Waals surface area contributed by atoms with Gasteiger partial charge in [0.2, 0.25) is 0 Å². The minimum Gasteiger partial charge on any atom is -0.383 e. The van der Waals surface area contributed by atoms with Gasteiger partial charge in [-0.15, -0.1) is 0 Å². The van der Waals surface area contributed by atoms with E-state index in [0.29, 0.717) is 37.4 Å². The number of pyridine rings is 1. The van der Waals surface area contributed by atoms with Crippen LogP contribution in [0.3, 0.4) is 0 Å². The molecule has 8 heteroatoms. The number of hydrogen-bond acceptors (Lipinski definition) is 6. The van der Waals surface area contributed by atoms with Crippen LogP contribution in [0.4, 0.5) is 0 Å². The monoisotopic (exact) mass is 382 g/mol. The highest BCUT2D eigenvalue weighted by molar-refractivity contribution is 6.22. The van der Waals surface area contributed by atoms with E-state index >= 15 is 0 Å². The molecule has 0 bridgehead atoms. The topological polar surface area (TPSA) is 101 Å². The van der Waals surface area contributed by atoms with Gasteiger partial charge in [0.15, 0.2) is 0 Å². The summed E-state index contributed by atoms with van der Waals surface area (Å²) in [6.07, 6.45) is 3.22. The van der Waals surface area contributed by atoms with E-state index in [9.17, 15) is 14.4 Å². The van der Waals surface area contributed by atoms with Gasteiger partial charge < -0.3 is 15.4 Å². The van der Waals surface area contributed by atoms with Gasteiger partial charge in [-0.25, -0.2) is 0 Å². The molecule has 0 radical (unpaired) electrons. The first-order chi connectivity index (χ1) is 13.6. The van der Waals surface area contributed by atoms with Crippen molar-refractivity contribution in [2.45, 2.75) is 6.54 Å². The van der Waals surface area contributed by atoms with Crippen molar-refractivity contribution >= 4 is 17.7 Å². The van der Waals surface area contributed by atoms with Crippen LogP contribution in [0.25, 0.3) is 0 Å². The highest BCUT2D eigenvalue weighted by Crippen LogP contribution is 2.25. The van der Waals surface area contributed by atoms with Gasteiger partial charge in [-0.3, -0.25) is 24.3 Å². The number of rotatable bonds is 9. The van der Waals surface area contributed by atoms with Crippen molar-refractivity contribution in [3.05, 3.63) is 65.0 Å². The average Bonchev–Trinajstić information content (AvgIpc) is 2.95. The molecule has 0 saturated heterocycles. The largest absolute Gasteiger partial charge is 0.383 e. The van der Waals surface area contributed by atoms with Crippen LogP contribution in [-0.4, -0.2) is 61.0 Å². The Morgan fingerprint density at radius 2 is 1.79 bits per heavy atom. The van der Waals surface area contributed by atoms with Crippen molar-refractivity contribution in [1.82, 2.24) is 20.5 Å². The summed E-state index contributed by atoms with van der Waals surface area (Å²) in [4.78, 5) is 42.7. The lowest BCUT2D eigenvalue weighted by Gasteiger charge is -2.13. The number of fused-ring (bicyclic) bond motifs is 1. The molecule has 2 N–H and O–H groups in total. The van der Waals surface area contributed by atoms with Gasteiger partial charge in [-0.2, -0.15) is 0 Å². The van der Waals surface area contributed by atoms with Crippen LogP contribution >= 0.6 is 0 Å². The molecule has 0 saturated carbocycles. The molecule has 3 amide bonds. The molecule has 0 unspecified atom stereocenters. The normalized spacial score (nSPS) is 13.0. The molecule has 2 heterocycles. The SMILES string of the molecule is COCCNCCNC(=O)c1ccc2c(c1)C(=O)N(Cc1ccncc1)C2=O. The first-order valence-electron chi connectivity index (χ1n) is 8.99. The number of carbonyl (C=O) groups is 3. The van der Waals surface area contributed by atoms with Crippen LogP contribution in [0, 0.1) is 0 Å². The molecule has 0 spiro atoms. The molecule has 8 nitrogen and oxygen atoms in total. The lowest BCUT2D eigenvalue weighted by atomic mass is 10.1. The number of ether oxygens (including phenoxy) is 1. The first kappa shape index (κ1) is 19.7. The molecular formula is C20H22N4O4. The van der Waals surface area contributed by atoms with Crippen LogP contribution in [0.1, 0.15) is 36.6 Å². The Labute approximate surface area is 162 Å². The van der Waals surface area contributed by atoms with Crippen LogP contribution < -0.4 is 10.6 Å². The fourth-order valence-corrected chi connectivity index (χ4v) is 2.91. The van der Waals surface area contributed by atoms with Gasteiger partial charge in [0, 0.05) is 44.7 Å². The number of nitrogens with zero attached hydrogens (tertiary/aromatic N) is 2. The number of amides is 3. The fourth-order valence-electron chi connectivity index (χ4n) is 2.91. The van der Waals surface area contributed by atoms with Gasteiger partial charge >= 0.3 is 0 Å². The van der Waals surface area contributed by atoms with E-state index in [1.54, 1.807) is 37.7 Å². The van der Waals surface area contributed by atoms with Gasteiger partial charge in [0.1, 0.15) is 0 Å². The Morgan fingerprint density at radius 3 is 2.54 bits per heavy atom. The molecule has 0 aliphatic carbocycles. The quantitative estimate of drug-likeness (QED) is 0.492. The minimum absolute atomic E-state index is 0.170. The van der Waals surface area contributed by atoms with Crippen molar-refractivity contribution in [2.75, 3.05) is 33.4 Å².